The van der Waals surface area contributed by atoms with Gasteiger partial charge in [-0.3, -0.25) is 9.59 Å². The Bertz CT molecular complexity index is 2100. The highest BCUT2D eigenvalue weighted by Crippen LogP contribution is 2.33. The minimum atomic E-state index is -0.365. The number of para-hydroxylation sites is 1. The molecule has 0 saturated carbocycles. The van der Waals surface area contributed by atoms with E-state index in [9.17, 15) is 9.59 Å². The van der Waals surface area contributed by atoms with Crippen molar-refractivity contribution in [3.05, 3.63) is 112 Å². The summed E-state index contributed by atoms with van der Waals surface area (Å²) in [5, 5.41) is 9.00. The van der Waals surface area contributed by atoms with Crippen molar-refractivity contribution in [2.75, 3.05) is 25.6 Å². The Balaban J connectivity index is 1.31. The minimum Gasteiger partial charge on any atom is -0.496 e. The lowest BCUT2D eigenvalue weighted by Gasteiger charge is -2.13. The molecule has 6 aromatic rings. The summed E-state index contributed by atoms with van der Waals surface area (Å²) in [4.78, 5) is 30.8. The lowest BCUT2D eigenvalue weighted by atomic mass is 10.2. The van der Waals surface area contributed by atoms with Gasteiger partial charge in [0.15, 0.2) is 23.9 Å². The van der Waals surface area contributed by atoms with Gasteiger partial charge >= 0.3 is 0 Å². The Morgan fingerprint density at radius 3 is 2.58 bits per heavy atom. The average molecular weight is 623 g/mol. The number of rotatable bonds is 10. The maximum absolute atomic E-state index is 13.7. The fraction of sp³-hybridized carbons (Fsp3) is 0.118. The van der Waals surface area contributed by atoms with Crippen molar-refractivity contribution in [2.24, 2.45) is 5.10 Å². The molecule has 45 heavy (non-hydrogen) atoms. The van der Waals surface area contributed by atoms with Crippen molar-refractivity contribution >= 4 is 51.3 Å². The summed E-state index contributed by atoms with van der Waals surface area (Å²) in [6, 6.07) is 26.2. The molecule has 0 saturated heterocycles. The first-order chi connectivity index (χ1) is 21.9. The van der Waals surface area contributed by atoms with Crippen LogP contribution in [0, 0.1) is 0 Å². The molecule has 0 fully saturated rings. The van der Waals surface area contributed by atoms with Crippen LogP contribution in [-0.4, -0.2) is 42.1 Å². The molecule has 6 rings (SSSR count). The SMILES string of the molecule is CCOc1cc(C=Nn2c(-c3cc4c(OC)cccc4o3)nc3ccccc3c2=O)ccc1OCC(=O)Nc1ccc(Cl)cc1. The van der Waals surface area contributed by atoms with Crippen LogP contribution in [0.5, 0.6) is 17.2 Å². The smallest absolute Gasteiger partial charge is 0.282 e. The number of hydrogen-bond acceptors (Lipinski definition) is 8. The van der Waals surface area contributed by atoms with Crippen LogP contribution in [0.1, 0.15) is 12.5 Å². The molecule has 2 aromatic heterocycles. The second-order valence-corrected chi connectivity index (χ2v) is 10.2. The number of carbonyl (C=O) groups is 1. The van der Waals surface area contributed by atoms with E-state index in [-0.39, 0.29) is 23.9 Å². The van der Waals surface area contributed by atoms with Gasteiger partial charge in [-0.25, -0.2) is 4.98 Å². The maximum Gasteiger partial charge on any atom is 0.282 e. The molecule has 1 amide bonds. The molecular weight excluding hydrogens is 596 g/mol. The fourth-order valence-corrected chi connectivity index (χ4v) is 4.83. The normalized spacial score (nSPS) is 11.3. The van der Waals surface area contributed by atoms with Gasteiger partial charge in [0.05, 0.1) is 36.2 Å². The molecule has 10 nitrogen and oxygen atoms in total. The van der Waals surface area contributed by atoms with Gasteiger partial charge in [0.1, 0.15) is 11.3 Å². The first-order valence-corrected chi connectivity index (χ1v) is 14.4. The molecule has 0 bridgehead atoms. The van der Waals surface area contributed by atoms with E-state index in [0.29, 0.717) is 62.4 Å². The summed E-state index contributed by atoms with van der Waals surface area (Å²) >= 11 is 5.91. The number of halogens is 1. The van der Waals surface area contributed by atoms with Gasteiger partial charge in [0, 0.05) is 10.7 Å². The lowest BCUT2D eigenvalue weighted by molar-refractivity contribution is -0.118. The Labute approximate surface area is 262 Å². The Morgan fingerprint density at radius 1 is 0.956 bits per heavy atom. The third-order valence-corrected chi connectivity index (χ3v) is 7.04. The van der Waals surface area contributed by atoms with Crippen LogP contribution >= 0.6 is 11.6 Å². The van der Waals surface area contributed by atoms with E-state index in [1.807, 2.05) is 31.2 Å². The van der Waals surface area contributed by atoms with Crippen molar-refractivity contribution < 1.29 is 23.4 Å². The van der Waals surface area contributed by atoms with Gasteiger partial charge in [0.25, 0.3) is 11.5 Å². The summed E-state index contributed by atoms with van der Waals surface area (Å²) in [5.74, 6) is 1.66. The molecule has 4 aromatic carbocycles. The summed E-state index contributed by atoms with van der Waals surface area (Å²) in [7, 11) is 1.58. The zero-order valence-electron chi connectivity index (χ0n) is 24.3. The van der Waals surface area contributed by atoms with Gasteiger partial charge in [-0.1, -0.05) is 29.8 Å². The third-order valence-electron chi connectivity index (χ3n) is 6.79. The summed E-state index contributed by atoms with van der Waals surface area (Å²) in [5.41, 5.74) is 1.95. The standard InChI is InChI=1S/C34H27ClN4O6/c1-3-43-30-17-21(11-16-29(30)44-20-32(40)37-23-14-12-22(35)13-15-23)19-36-39-33(38-26-8-5-4-7-24(26)34(39)41)31-18-25-27(42-2)9-6-10-28(25)45-31/h4-19H,3,20H2,1-2H3,(H,37,40). The predicted octanol–water partition coefficient (Wildman–Crippen LogP) is 6.77. The van der Waals surface area contributed by atoms with E-state index in [0.717, 1.165) is 5.39 Å². The van der Waals surface area contributed by atoms with Gasteiger partial charge in [0.2, 0.25) is 5.82 Å². The third kappa shape index (κ3) is 6.36. The number of aromatic nitrogens is 2. The van der Waals surface area contributed by atoms with Crippen molar-refractivity contribution in [1.82, 2.24) is 9.66 Å². The number of benzene rings is 4. The van der Waals surface area contributed by atoms with Gasteiger partial charge in [-0.2, -0.15) is 9.78 Å². The predicted molar refractivity (Wildman–Crippen MR) is 174 cm³/mol. The molecule has 0 atom stereocenters. The minimum absolute atomic E-state index is 0.227. The van der Waals surface area contributed by atoms with E-state index in [1.54, 1.807) is 73.8 Å². The highest BCUT2D eigenvalue weighted by Gasteiger charge is 2.18. The van der Waals surface area contributed by atoms with E-state index in [2.05, 4.69) is 10.4 Å². The van der Waals surface area contributed by atoms with Crippen LogP contribution in [0.2, 0.25) is 5.02 Å². The van der Waals surface area contributed by atoms with Crippen molar-refractivity contribution in [1.29, 1.82) is 0 Å². The van der Waals surface area contributed by atoms with Crippen LogP contribution in [-0.2, 0) is 4.79 Å². The summed E-state index contributed by atoms with van der Waals surface area (Å²) in [6.45, 7) is 1.97. The number of nitrogens with one attached hydrogen (secondary N) is 1. The number of anilines is 1. The van der Waals surface area contributed by atoms with Gasteiger partial charge in [-0.05, 0) is 85.3 Å². The fourth-order valence-electron chi connectivity index (χ4n) is 4.70. The lowest BCUT2D eigenvalue weighted by Crippen LogP contribution is -2.20. The monoisotopic (exact) mass is 622 g/mol. The largest absolute Gasteiger partial charge is 0.496 e. The number of fused-ring (bicyclic) bond motifs is 2. The molecule has 0 spiro atoms. The number of methoxy groups -OCH3 is 1. The molecule has 1 N–H and O–H groups in total. The van der Waals surface area contributed by atoms with Crippen molar-refractivity contribution in [2.45, 2.75) is 6.92 Å². The molecule has 226 valence electrons. The zero-order chi connectivity index (χ0) is 31.3. The van der Waals surface area contributed by atoms with Crippen LogP contribution in [0.3, 0.4) is 0 Å². The molecule has 0 unspecified atom stereocenters. The van der Waals surface area contributed by atoms with E-state index >= 15 is 0 Å². The number of nitrogens with zero attached hydrogens (tertiary/aromatic N) is 3. The Morgan fingerprint density at radius 2 is 1.78 bits per heavy atom. The number of furan rings is 1. The number of hydrogen-bond donors (Lipinski definition) is 1. The first kappa shape index (κ1) is 29.5. The molecule has 0 aliphatic rings. The van der Waals surface area contributed by atoms with Crippen molar-refractivity contribution in [3.8, 4) is 28.8 Å². The second-order valence-electron chi connectivity index (χ2n) is 9.78. The van der Waals surface area contributed by atoms with E-state index in [4.69, 9.17) is 35.2 Å². The van der Waals surface area contributed by atoms with E-state index in [1.165, 1.54) is 10.9 Å². The van der Waals surface area contributed by atoms with Crippen LogP contribution in [0.25, 0.3) is 33.5 Å². The molecule has 2 heterocycles. The quantitative estimate of drug-likeness (QED) is 0.168. The summed E-state index contributed by atoms with van der Waals surface area (Å²) < 4.78 is 24.3. The molecule has 0 radical (unpaired) electrons. The van der Waals surface area contributed by atoms with Crippen LogP contribution < -0.4 is 25.1 Å². The maximum atomic E-state index is 13.7. The highest BCUT2D eigenvalue weighted by atomic mass is 35.5. The highest BCUT2D eigenvalue weighted by molar-refractivity contribution is 6.30. The van der Waals surface area contributed by atoms with Crippen LogP contribution in [0.4, 0.5) is 5.69 Å². The second kappa shape index (κ2) is 12.9. The molecule has 0 aliphatic carbocycles. The molecule has 11 heteroatoms. The Hall–Kier alpha value is -5.61. The summed E-state index contributed by atoms with van der Waals surface area (Å²) in [6.07, 6.45) is 1.52. The van der Waals surface area contributed by atoms with Crippen molar-refractivity contribution in [3.63, 3.8) is 0 Å². The van der Waals surface area contributed by atoms with Gasteiger partial charge < -0.3 is 23.9 Å². The number of amides is 1. The average Bonchev–Trinajstić information content (AvgIpc) is 3.50. The van der Waals surface area contributed by atoms with Gasteiger partial charge in [-0.15, -0.1) is 0 Å². The topological polar surface area (TPSA) is 117 Å². The molecule has 0 aliphatic heterocycles. The zero-order valence-corrected chi connectivity index (χ0v) is 25.1. The first-order valence-electron chi connectivity index (χ1n) is 14.0. The number of ether oxygens (including phenoxy) is 3. The number of carbonyl (C=O) groups excluding carboxylic acids is 1. The Kier molecular flexibility index (Phi) is 8.47. The molecular formula is C34H27ClN4O6. The van der Waals surface area contributed by atoms with Crippen LogP contribution in [0.15, 0.2) is 105 Å². The van der Waals surface area contributed by atoms with E-state index < -0.39 is 0 Å².